The van der Waals surface area contributed by atoms with Gasteiger partial charge in [-0.3, -0.25) is 10.1 Å². The zero-order valence-electron chi connectivity index (χ0n) is 10.1. The SMILES string of the molecule is COc1ccc([N+](=O)[O-])c(OS(=O)(=O)C(F)(F)F)c1C. The van der Waals surface area contributed by atoms with Gasteiger partial charge in [0.1, 0.15) is 5.75 Å². The molecule has 7 nitrogen and oxygen atoms in total. The predicted octanol–water partition coefficient (Wildman–Crippen LogP) is 2.14. The summed E-state index contributed by atoms with van der Waals surface area (Å²) in [6.45, 7) is 1.13. The fourth-order valence-corrected chi connectivity index (χ4v) is 1.81. The summed E-state index contributed by atoms with van der Waals surface area (Å²) in [5.74, 6) is -1.09. The lowest BCUT2D eigenvalue weighted by Gasteiger charge is -2.13. The molecule has 0 aliphatic carbocycles. The largest absolute Gasteiger partial charge is 0.534 e. The van der Waals surface area contributed by atoms with E-state index in [-0.39, 0.29) is 11.3 Å². The van der Waals surface area contributed by atoms with E-state index in [0.717, 1.165) is 26.2 Å². The van der Waals surface area contributed by atoms with Gasteiger partial charge in [-0.15, -0.1) is 0 Å². The van der Waals surface area contributed by atoms with Crippen LogP contribution in [0.15, 0.2) is 12.1 Å². The highest BCUT2D eigenvalue weighted by Gasteiger charge is 2.49. The van der Waals surface area contributed by atoms with E-state index in [2.05, 4.69) is 4.18 Å². The topological polar surface area (TPSA) is 95.7 Å². The van der Waals surface area contributed by atoms with Gasteiger partial charge in [0.25, 0.3) is 0 Å². The number of benzene rings is 1. The Morgan fingerprint density at radius 1 is 1.30 bits per heavy atom. The summed E-state index contributed by atoms with van der Waals surface area (Å²) in [7, 11) is -4.85. The van der Waals surface area contributed by atoms with E-state index < -0.39 is 32.0 Å². The van der Waals surface area contributed by atoms with E-state index in [1.807, 2.05) is 0 Å². The molecule has 0 bridgehead atoms. The summed E-state index contributed by atoms with van der Waals surface area (Å²) in [6.07, 6.45) is 0. The van der Waals surface area contributed by atoms with Crippen LogP contribution >= 0.6 is 0 Å². The van der Waals surface area contributed by atoms with Crippen LogP contribution in [0.3, 0.4) is 0 Å². The van der Waals surface area contributed by atoms with Crippen molar-refractivity contribution >= 4 is 15.8 Å². The molecule has 1 aromatic rings. The Balaban J connectivity index is 3.47. The molecule has 0 heterocycles. The third kappa shape index (κ3) is 2.92. The number of hydrogen-bond acceptors (Lipinski definition) is 6. The molecule has 0 unspecified atom stereocenters. The average molecular weight is 315 g/mol. The molecule has 0 aliphatic heterocycles. The summed E-state index contributed by atoms with van der Waals surface area (Å²) in [6, 6.07) is 1.90. The molecular formula is C9H8F3NO6S. The van der Waals surface area contributed by atoms with Crippen molar-refractivity contribution in [3.8, 4) is 11.5 Å². The number of alkyl halides is 3. The van der Waals surface area contributed by atoms with Gasteiger partial charge in [-0.1, -0.05) is 0 Å². The zero-order chi connectivity index (χ0) is 15.7. The van der Waals surface area contributed by atoms with Crippen LogP contribution in [-0.4, -0.2) is 26.0 Å². The van der Waals surface area contributed by atoms with Gasteiger partial charge in [-0.2, -0.15) is 21.6 Å². The van der Waals surface area contributed by atoms with E-state index in [0.29, 0.717) is 0 Å². The maximum absolute atomic E-state index is 12.3. The number of ether oxygens (including phenoxy) is 1. The molecule has 1 aromatic carbocycles. The summed E-state index contributed by atoms with van der Waals surface area (Å²) in [4.78, 5) is 9.66. The van der Waals surface area contributed by atoms with E-state index in [9.17, 15) is 31.7 Å². The van der Waals surface area contributed by atoms with Crippen molar-refractivity contribution in [1.82, 2.24) is 0 Å². The van der Waals surface area contributed by atoms with Gasteiger partial charge < -0.3 is 8.92 Å². The summed E-state index contributed by atoms with van der Waals surface area (Å²) < 4.78 is 67.2. The molecule has 0 amide bonds. The quantitative estimate of drug-likeness (QED) is 0.365. The second-order valence-electron chi connectivity index (χ2n) is 3.48. The van der Waals surface area contributed by atoms with Crippen LogP contribution in [0.2, 0.25) is 0 Å². The zero-order valence-corrected chi connectivity index (χ0v) is 10.9. The van der Waals surface area contributed by atoms with Crippen molar-refractivity contribution in [2.75, 3.05) is 7.11 Å². The van der Waals surface area contributed by atoms with Crippen LogP contribution in [0, 0.1) is 17.0 Å². The van der Waals surface area contributed by atoms with Crippen molar-refractivity contribution in [3.05, 3.63) is 27.8 Å². The summed E-state index contributed by atoms with van der Waals surface area (Å²) >= 11 is 0. The molecule has 11 heteroatoms. The summed E-state index contributed by atoms with van der Waals surface area (Å²) in [5, 5.41) is 10.7. The molecule has 0 radical (unpaired) electrons. The van der Waals surface area contributed by atoms with Crippen LogP contribution in [-0.2, 0) is 10.1 Å². The van der Waals surface area contributed by atoms with Crippen molar-refractivity contribution in [2.24, 2.45) is 0 Å². The Morgan fingerprint density at radius 2 is 1.85 bits per heavy atom. The monoisotopic (exact) mass is 315 g/mol. The minimum Gasteiger partial charge on any atom is -0.496 e. The van der Waals surface area contributed by atoms with Crippen molar-refractivity contribution in [1.29, 1.82) is 0 Å². The Bertz CT molecular complexity index is 640. The highest BCUT2D eigenvalue weighted by atomic mass is 32.2. The Labute approximate surface area is 111 Å². The second kappa shape index (κ2) is 5.15. The van der Waals surface area contributed by atoms with Crippen molar-refractivity contribution in [3.63, 3.8) is 0 Å². The Morgan fingerprint density at radius 3 is 2.25 bits per heavy atom. The molecule has 1 rings (SSSR count). The highest BCUT2D eigenvalue weighted by molar-refractivity contribution is 7.88. The minimum absolute atomic E-state index is 0.0528. The van der Waals surface area contributed by atoms with Crippen molar-refractivity contribution < 1.29 is 35.4 Å². The number of rotatable bonds is 4. The molecule has 0 aromatic heterocycles. The number of nitro groups is 1. The van der Waals surface area contributed by atoms with E-state index in [4.69, 9.17) is 4.74 Å². The van der Waals surface area contributed by atoms with Gasteiger partial charge in [-0.05, 0) is 13.0 Å². The molecule has 0 N–H and O–H groups in total. The van der Waals surface area contributed by atoms with Gasteiger partial charge in [0.05, 0.1) is 12.0 Å². The van der Waals surface area contributed by atoms with E-state index >= 15 is 0 Å². The van der Waals surface area contributed by atoms with Crippen LogP contribution in [0.4, 0.5) is 18.9 Å². The Kier molecular flexibility index (Phi) is 4.12. The third-order valence-electron chi connectivity index (χ3n) is 2.23. The van der Waals surface area contributed by atoms with Gasteiger partial charge >= 0.3 is 21.3 Å². The van der Waals surface area contributed by atoms with Crippen LogP contribution in [0.1, 0.15) is 5.56 Å². The van der Waals surface area contributed by atoms with E-state index in [1.54, 1.807) is 0 Å². The van der Waals surface area contributed by atoms with Gasteiger partial charge in [0, 0.05) is 11.6 Å². The molecule has 0 spiro atoms. The number of hydrogen-bond donors (Lipinski definition) is 0. The molecule has 20 heavy (non-hydrogen) atoms. The number of nitrogens with zero attached hydrogens (tertiary/aromatic N) is 1. The molecule has 0 atom stereocenters. The smallest absolute Gasteiger partial charge is 0.496 e. The predicted molar refractivity (Wildman–Crippen MR) is 60.0 cm³/mol. The van der Waals surface area contributed by atoms with Gasteiger partial charge in [0.15, 0.2) is 0 Å². The lowest BCUT2D eigenvalue weighted by atomic mass is 10.2. The first-order chi connectivity index (χ1) is 9.01. The standard InChI is InChI=1S/C9H8F3NO6S/c1-5-7(18-2)4-3-6(13(14)15)8(5)19-20(16,17)9(10,11)12/h3-4H,1-2H3. The average Bonchev–Trinajstić information content (AvgIpc) is 2.29. The molecule has 0 saturated carbocycles. The molecule has 0 aliphatic rings. The summed E-state index contributed by atoms with van der Waals surface area (Å²) in [5.41, 5.74) is -6.86. The number of halogens is 3. The number of methoxy groups -OCH3 is 1. The fourth-order valence-electron chi connectivity index (χ4n) is 1.29. The molecule has 112 valence electrons. The minimum atomic E-state index is -6.01. The lowest BCUT2D eigenvalue weighted by molar-refractivity contribution is -0.385. The number of nitro benzene ring substituents is 1. The van der Waals surface area contributed by atoms with Crippen LogP contribution in [0.5, 0.6) is 11.5 Å². The van der Waals surface area contributed by atoms with Crippen LogP contribution < -0.4 is 8.92 Å². The third-order valence-corrected chi connectivity index (χ3v) is 3.18. The van der Waals surface area contributed by atoms with E-state index in [1.165, 1.54) is 0 Å². The molecule has 0 saturated heterocycles. The van der Waals surface area contributed by atoms with Crippen molar-refractivity contribution in [2.45, 2.75) is 12.4 Å². The maximum atomic E-state index is 12.3. The second-order valence-corrected chi connectivity index (χ2v) is 5.02. The lowest BCUT2D eigenvalue weighted by Crippen LogP contribution is -2.28. The molecular weight excluding hydrogens is 307 g/mol. The first-order valence-corrected chi connectivity index (χ1v) is 6.25. The van der Waals surface area contributed by atoms with Gasteiger partial charge in [-0.25, -0.2) is 0 Å². The first kappa shape index (κ1) is 16.0. The van der Waals surface area contributed by atoms with Crippen LogP contribution in [0.25, 0.3) is 0 Å². The normalized spacial score (nSPS) is 12.1. The van der Waals surface area contributed by atoms with Gasteiger partial charge in [0.2, 0.25) is 5.75 Å². The maximum Gasteiger partial charge on any atom is 0.534 e. The first-order valence-electron chi connectivity index (χ1n) is 4.84. The molecule has 0 fully saturated rings. The Hall–Kier alpha value is -2.04. The fraction of sp³-hybridized carbons (Fsp3) is 0.333. The highest BCUT2D eigenvalue weighted by Crippen LogP contribution is 2.39.